The van der Waals surface area contributed by atoms with Crippen molar-refractivity contribution in [2.24, 2.45) is 5.92 Å². The molecule has 2 aliphatic rings. The zero-order chi connectivity index (χ0) is 24.7. The Morgan fingerprint density at radius 1 is 0.941 bits per heavy atom. The highest BCUT2D eigenvalue weighted by atomic mass is 32.2. The largest absolute Gasteiger partial charge is 0.342 e. The highest BCUT2D eigenvalue weighted by Gasteiger charge is 2.36. The maximum absolute atomic E-state index is 13.4. The predicted octanol–water partition coefficient (Wildman–Crippen LogP) is 3.46. The van der Waals surface area contributed by atoms with Crippen molar-refractivity contribution in [2.45, 2.75) is 66.2 Å². The smallest absolute Gasteiger partial charge is 0.241 e. The lowest BCUT2D eigenvalue weighted by molar-refractivity contribution is -0.133. The van der Waals surface area contributed by atoms with Gasteiger partial charge >= 0.3 is 0 Å². The normalized spacial score (nSPS) is 17.8. The Labute approximate surface area is 200 Å². The Morgan fingerprint density at radius 2 is 1.53 bits per heavy atom. The van der Waals surface area contributed by atoms with Crippen LogP contribution >= 0.6 is 0 Å². The van der Waals surface area contributed by atoms with Crippen LogP contribution in [0.3, 0.4) is 0 Å². The van der Waals surface area contributed by atoms with Crippen molar-refractivity contribution < 1.29 is 26.0 Å². The van der Waals surface area contributed by atoms with E-state index in [9.17, 15) is 26.0 Å². The minimum Gasteiger partial charge on any atom is -0.342 e. The van der Waals surface area contributed by atoms with E-state index in [1.54, 1.807) is 4.90 Å². The van der Waals surface area contributed by atoms with Gasteiger partial charge in [-0.15, -0.1) is 0 Å². The second-order valence-corrected chi connectivity index (χ2v) is 12.9. The molecule has 2 aromatic rings. The van der Waals surface area contributed by atoms with Gasteiger partial charge in [-0.05, 0) is 73.6 Å². The first kappa shape index (κ1) is 24.8. The van der Waals surface area contributed by atoms with Crippen LogP contribution in [-0.4, -0.2) is 46.8 Å². The van der Waals surface area contributed by atoms with Gasteiger partial charge in [0.15, 0.2) is 0 Å². The number of hydrogen-bond acceptors (Lipinski definition) is 5. The standard InChI is InChI=1S/C24H29FN2O5S2/c1-16(2)22-10-9-21(33(29,30)20-7-5-18(25)6-8-20)15-23(22)34(31,32)26-19-11-13-27(14-12-19)24(28)17-3-4-17/h5-10,15-17,19,26H,3-4,11-14H2,1-2H3. The van der Waals surface area contributed by atoms with Crippen LogP contribution in [0.2, 0.25) is 0 Å². The van der Waals surface area contributed by atoms with E-state index in [0.29, 0.717) is 31.5 Å². The number of carbonyl (C=O) groups is 1. The van der Waals surface area contributed by atoms with Gasteiger partial charge in [-0.3, -0.25) is 4.79 Å². The highest BCUT2D eigenvalue weighted by molar-refractivity contribution is 7.91. The zero-order valence-electron chi connectivity index (χ0n) is 19.2. The topological polar surface area (TPSA) is 101 Å². The number of sulfonamides is 1. The molecule has 2 fully saturated rings. The van der Waals surface area contributed by atoms with Crippen LogP contribution in [0, 0.1) is 11.7 Å². The molecule has 7 nitrogen and oxygen atoms in total. The highest BCUT2D eigenvalue weighted by Crippen LogP contribution is 2.33. The van der Waals surface area contributed by atoms with Gasteiger partial charge in [-0.25, -0.2) is 25.9 Å². The van der Waals surface area contributed by atoms with E-state index in [1.807, 2.05) is 13.8 Å². The number of sulfone groups is 1. The summed E-state index contributed by atoms with van der Waals surface area (Å²) in [5, 5.41) is 0. The van der Waals surface area contributed by atoms with E-state index >= 15 is 0 Å². The van der Waals surface area contributed by atoms with Gasteiger partial charge in [-0.2, -0.15) is 0 Å². The second-order valence-electron chi connectivity index (χ2n) is 9.31. The number of halogens is 1. The Bertz CT molecular complexity index is 1280. The molecular formula is C24H29FN2O5S2. The molecule has 1 aliphatic carbocycles. The number of piperidine rings is 1. The summed E-state index contributed by atoms with van der Waals surface area (Å²) in [6.45, 7) is 4.67. The van der Waals surface area contributed by atoms with Gasteiger partial charge in [0.25, 0.3) is 0 Å². The molecule has 1 aliphatic heterocycles. The Morgan fingerprint density at radius 3 is 2.09 bits per heavy atom. The van der Waals surface area contributed by atoms with Gasteiger partial charge in [0, 0.05) is 25.0 Å². The summed E-state index contributed by atoms with van der Waals surface area (Å²) >= 11 is 0. The third kappa shape index (κ3) is 5.18. The fraction of sp³-hybridized carbons (Fsp3) is 0.458. The molecule has 34 heavy (non-hydrogen) atoms. The molecule has 0 atom stereocenters. The number of carbonyl (C=O) groups excluding carboxylic acids is 1. The van der Waals surface area contributed by atoms with Gasteiger partial charge in [0.2, 0.25) is 25.8 Å². The summed E-state index contributed by atoms with van der Waals surface area (Å²) in [7, 11) is -8.06. The Balaban J connectivity index is 1.59. The van der Waals surface area contributed by atoms with Crippen molar-refractivity contribution in [1.82, 2.24) is 9.62 Å². The molecule has 1 saturated heterocycles. The lowest BCUT2D eigenvalue weighted by Crippen LogP contribution is -2.47. The summed E-state index contributed by atoms with van der Waals surface area (Å²) in [6, 6.07) is 8.16. The number of amides is 1. The van der Waals surface area contributed by atoms with Gasteiger partial charge < -0.3 is 4.90 Å². The summed E-state index contributed by atoms with van der Waals surface area (Å²) in [5.41, 5.74) is 0.506. The van der Waals surface area contributed by atoms with E-state index in [0.717, 1.165) is 37.1 Å². The maximum Gasteiger partial charge on any atom is 0.241 e. The first-order chi connectivity index (χ1) is 16.0. The maximum atomic E-state index is 13.4. The lowest BCUT2D eigenvalue weighted by Gasteiger charge is -2.32. The number of hydrogen-bond donors (Lipinski definition) is 1. The summed E-state index contributed by atoms with van der Waals surface area (Å²) in [6.07, 6.45) is 2.87. The second kappa shape index (κ2) is 9.39. The van der Waals surface area contributed by atoms with Crippen molar-refractivity contribution in [3.05, 3.63) is 53.8 Å². The molecule has 0 aromatic heterocycles. The molecule has 0 bridgehead atoms. The van der Waals surface area contributed by atoms with Crippen LogP contribution in [0.25, 0.3) is 0 Å². The molecule has 4 rings (SSSR count). The molecule has 0 radical (unpaired) electrons. The first-order valence-electron chi connectivity index (χ1n) is 11.4. The summed E-state index contributed by atoms with van der Waals surface area (Å²) in [4.78, 5) is 13.7. The van der Waals surface area contributed by atoms with Crippen molar-refractivity contribution in [3.8, 4) is 0 Å². The minimum absolute atomic E-state index is 0.0813. The zero-order valence-corrected chi connectivity index (χ0v) is 20.8. The molecule has 1 amide bonds. The Kier molecular flexibility index (Phi) is 6.85. The number of nitrogens with one attached hydrogen (secondary N) is 1. The fourth-order valence-electron chi connectivity index (χ4n) is 4.23. The SMILES string of the molecule is CC(C)c1ccc(S(=O)(=O)c2ccc(F)cc2)cc1S(=O)(=O)NC1CCN(C(=O)C2CC2)CC1. The first-order valence-corrected chi connectivity index (χ1v) is 14.4. The quantitative estimate of drug-likeness (QED) is 0.578. The number of benzene rings is 2. The monoisotopic (exact) mass is 508 g/mol. The Hall–Kier alpha value is -2.30. The van der Waals surface area contributed by atoms with Crippen molar-refractivity contribution in [2.75, 3.05) is 13.1 Å². The van der Waals surface area contributed by atoms with Crippen molar-refractivity contribution >= 4 is 25.8 Å². The molecule has 0 spiro atoms. The van der Waals surface area contributed by atoms with Crippen molar-refractivity contribution in [1.29, 1.82) is 0 Å². The molecule has 1 heterocycles. The minimum atomic E-state index is -4.04. The number of likely N-dealkylation sites (tertiary alicyclic amines) is 1. The molecule has 0 unspecified atom stereocenters. The molecule has 10 heteroatoms. The van der Waals surface area contributed by atoms with Crippen LogP contribution in [0.1, 0.15) is 51.0 Å². The fourth-order valence-corrected chi connectivity index (χ4v) is 7.29. The predicted molar refractivity (Wildman–Crippen MR) is 125 cm³/mol. The van der Waals surface area contributed by atoms with E-state index in [1.165, 1.54) is 18.2 Å². The van der Waals surface area contributed by atoms with Crippen LogP contribution in [0.5, 0.6) is 0 Å². The van der Waals surface area contributed by atoms with Crippen LogP contribution < -0.4 is 4.72 Å². The lowest BCUT2D eigenvalue weighted by atomic mass is 10.0. The molecule has 1 N–H and O–H groups in total. The van der Waals surface area contributed by atoms with Crippen LogP contribution in [0.15, 0.2) is 57.2 Å². The average Bonchev–Trinajstić information content (AvgIpc) is 3.64. The molecular weight excluding hydrogens is 479 g/mol. The summed E-state index contributed by atoms with van der Waals surface area (Å²) < 4.78 is 68.9. The van der Waals surface area contributed by atoms with Crippen LogP contribution in [0.4, 0.5) is 4.39 Å². The van der Waals surface area contributed by atoms with E-state index in [-0.39, 0.29) is 38.5 Å². The molecule has 1 saturated carbocycles. The third-order valence-electron chi connectivity index (χ3n) is 6.39. The van der Waals surface area contributed by atoms with E-state index in [2.05, 4.69) is 4.72 Å². The number of nitrogens with zero attached hydrogens (tertiary/aromatic N) is 1. The molecule has 2 aromatic carbocycles. The number of rotatable bonds is 7. The summed E-state index contributed by atoms with van der Waals surface area (Å²) in [5.74, 6) is -0.437. The van der Waals surface area contributed by atoms with Crippen molar-refractivity contribution in [3.63, 3.8) is 0 Å². The van der Waals surface area contributed by atoms with Crippen LogP contribution in [-0.2, 0) is 24.7 Å². The molecule has 184 valence electrons. The van der Waals surface area contributed by atoms with E-state index < -0.39 is 25.7 Å². The average molecular weight is 509 g/mol. The third-order valence-corrected chi connectivity index (χ3v) is 9.73. The van der Waals surface area contributed by atoms with Gasteiger partial charge in [0.05, 0.1) is 14.7 Å². The van der Waals surface area contributed by atoms with E-state index in [4.69, 9.17) is 0 Å². The van der Waals surface area contributed by atoms with Gasteiger partial charge in [0.1, 0.15) is 5.82 Å². The van der Waals surface area contributed by atoms with Gasteiger partial charge in [-0.1, -0.05) is 19.9 Å².